The van der Waals surface area contributed by atoms with Crippen molar-refractivity contribution in [3.05, 3.63) is 44.7 Å². The summed E-state index contributed by atoms with van der Waals surface area (Å²) in [5.74, 6) is 0.724. The molecule has 3 heterocycles. The minimum atomic E-state index is -0.208. The van der Waals surface area contributed by atoms with Gasteiger partial charge in [-0.2, -0.15) is 0 Å². The molecule has 148 valence electrons. The highest BCUT2D eigenvalue weighted by atomic mass is 32.2. The number of fused-ring (bicyclic) bond motifs is 1. The lowest BCUT2D eigenvalue weighted by molar-refractivity contribution is -0.122. The molecular formula is C20H24N4O2S2. The molecule has 1 fully saturated rings. The van der Waals surface area contributed by atoms with E-state index < -0.39 is 0 Å². The van der Waals surface area contributed by atoms with Gasteiger partial charge in [0.1, 0.15) is 15.8 Å². The van der Waals surface area contributed by atoms with Crippen molar-refractivity contribution in [3.8, 4) is 0 Å². The van der Waals surface area contributed by atoms with Gasteiger partial charge in [-0.1, -0.05) is 50.8 Å². The predicted molar refractivity (Wildman–Crippen MR) is 120 cm³/mol. The Bertz CT molecular complexity index is 1030. The van der Waals surface area contributed by atoms with Crippen molar-refractivity contribution in [2.24, 2.45) is 5.92 Å². The highest BCUT2D eigenvalue weighted by Gasteiger charge is 2.32. The van der Waals surface area contributed by atoms with Crippen LogP contribution in [0, 0.1) is 12.8 Å². The Hall–Kier alpha value is -2.19. The minimum absolute atomic E-state index is 0.152. The summed E-state index contributed by atoms with van der Waals surface area (Å²) in [6, 6.07) is 3.74. The first-order valence-electron chi connectivity index (χ1n) is 9.34. The Balaban J connectivity index is 2.15. The van der Waals surface area contributed by atoms with Crippen LogP contribution in [0.25, 0.3) is 11.7 Å². The third-order valence-electron chi connectivity index (χ3n) is 4.36. The Kier molecular flexibility index (Phi) is 6.20. The van der Waals surface area contributed by atoms with Crippen molar-refractivity contribution in [3.63, 3.8) is 0 Å². The molecule has 0 bridgehead atoms. The molecule has 3 rings (SSSR count). The normalized spacial score (nSPS) is 16.0. The highest BCUT2D eigenvalue weighted by molar-refractivity contribution is 8.26. The number of hydrogen-bond acceptors (Lipinski definition) is 6. The molecule has 0 atom stereocenters. The average molecular weight is 417 g/mol. The van der Waals surface area contributed by atoms with Crippen LogP contribution in [-0.4, -0.2) is 37.6 Å². The molecule has 0 spiro atoms. The maximum Gasteiger partial charge on any atom is 0.267 e. The van der Waals surface area contributed by atoms with Crippen LogP contribution >= 0.6 is 24.0 Å². The summed E-state index contributed by atoms with van der Waals surface area (Å²) < 4.78 is 2.05. The number of aromatic nitrogens is 2. The Morgan fingerprint density at radius 1 is 1.36 bits per heavy atom. The average Bonchev–Trinajstić information content (AvgIpc) is 2.91. The van der Waals surface area contributed by atoms with Gasteiger partial charge in [-0.15, -0.1) is 0 Å². The van der Waals surface area contributed by atoms with Crippen LogP contribution in [-0.2, 0) is 4.79 Å². The van der Waals surface area contributed by atoms with E-state index in [1.54, 1.807) is 17.2 Å². The summed E-state index contributed by atoms with van der Waals surface area (Å²) in [5, 5.41) is 3.27. The Labute approximate surface area is 174 Å². The van der Waals surface area contributed by atoms with Gasteiger partial charge < -0.3 is 5.32 Å². The van der Waals surface area contributed by atoms with Gasteiger partial charge in [0.05, 0.1) is 10.5 Å². The van der Waals surface area contributed by atoms with Crippen molar-refractivity contribution in [1.29, 1.82) is 0 Å². The summed E-state index contributed by atoms with van der Waals surface area (Å²) >= 11 is 6.57. The molecule has 1 N–H and O–H groups in total. The third kappa shape index (κ3) is 3.98. The third-order valence-corrected chi connectivity index (χ3v) is 5.74. The molecule has 0 aromatic carbocycles. The molecule has 0 unspecified atom stereocenters. The predicted octanol–water partition coefficient (Wildman–Crippen LogP) is 3.68. The molecule has 1 saturated heterocycles. The number of carbonyl (C=O) groups excluding carboxylic acids is 1. The second-order valence-corrected chi connectivity index (χ2v) is 8.85. The molecule has 2 aromatic heterocycles. The van der Waals surface area contributed by atoms with Crippen LogP contribution in [0.4, 0.5) is 5.82 Å². The van der Waals surface area contributed by atoms with Crippen LogP contribution in [0.2, 0.25) is 0 Å². The van der Waals surface area contributed by atoms with E-state index in [1.807, 2.05) is 26.0 Å². The number of amides is 1. The van der Waals surface area contributed by atoms with Gasteiger partial charge in [-0.05, 0) is 37.0 Å². The first-order chi connectivity index (χ1) is 13.3. The van der Waals surface area contributed by atoms with Crippen molar-refractivity contribution in [1.82, 2.24) is 14.3 Å². The zero-order valence-corrected chi connectivity index (χ0v) is 18.1. The van der Waals surface area contributed by atoms with E-state index in [9.17, 15) is 9.59 Å². The molecule has 0 aliphatic carbocycles. The fraction of sp³-hybridized carbons (Fsp3) is 0.400. The number of pyridine rings is 1. The topological polar surface area (TPSA) is 66.7 Å². The molecule has 1 aliphatic rings. The first-order valence-corrected chi connectivity index (χ1v) is 10.6. The van der Waals surface area contributed by atoms with Crippen molar-refractivity contribution < 1.29 is 4.79 Å². The first kappa shape index (κ1) is 20.5. The zero-order chi connectivity index (χ0) is 20.4. The van der Waals surface area contributed by atoms with E-state index in [-0.39, 0.29) is 11.5 Å². The van der Waals surface area contributed by atoms with Crippen LogP contribution in [0.5, 0.6) is 0 Å². The van der Waals surface area contributed by atoms with E-state index in [0.29, 0.717) is 45.3 Å². The second-order valence-electron chi connectivity index (χ2n) is 7.17. The summed E-state index contributed by atoms with van der Waals surface area (Å²) in [5.41, 5.74) is 1.68. The lowest BCUT2D eigenvalue weighted by Crippen LogP contribution is -2.28. The maximum atomic E-state index is 13.2. The van der Waals surface area contributed by atoms with Gasteiger partial charge in [0.25, 0.3) is 11.5 Å². The van der Waals surface area contributed by atoms with Crippen molar-refractivity contribution in [2.75, 3.05) is 18.4 Å². The molecule has 1 amide bonds. The van der Waals surface area contributed by atoms with E-state index in [4.69, 9.17) is 12.2 Å². The number of thioether (sulfide) groups is 1. The molecule has 0 saturated carbocycles. The standard InChI is InChI=1S/C20H24N4O2S2/c1-5-8-24-19(26)15(28-20(24)27)10-14-16(21-11-12(2)3)22-17-13(4)7-6-9-23(17)18(14)25/h6-7,9-10,12,21H,5,8,11H2,1-4H3/b15-10+. The molecule has 2 aromatic rings. The van der Waals surface area contributed by atoms with Gasteiger partial charge in [0, 0.05) is 19.3 Å². The number of thiocarbonyl (C=S) groups is 1. The monoisotopic (exact) mass is 416 g/mol. The number of nitrogens with one attached hydrogen (secondary N) is 1. The van der Waals surface area contributed by atoms with Crippen molar-refractivity contribution >= 4 is 51.7 Å². The van der Waals surface area contributed by atoms with E-state index in [1.165, 1.54) is 16.2 Å². The zero-order valence-electron chi connectivity index (χ0n) is 16.5. The number of anilines is 1. The molecular weight excluding hydrogens is 392 g/mol. The molecule has 28 heavy (non-hydrogen) atoms. The molecule has 6 nitrogen and oxygen atoms in total. The smallest absolute Gasteiger partial charge is 0.267 e. The highest BCUT2D eigenvalue weighted by Crippen LogP contribution is 2.33. The number of rotatable bonds is 6. The molecule has 1 aliphatic heterocycles. The molecule has 0 radical (unpaired) electrons. The Morgan fingerprint density at radius 2 is 2.11 bits per heavy atom. The van der Waals surface area contributed by atoms with Gasteiger partial charge in [0.2, 0.25) is 0 Å². The summed E-state index contributed by atoms with van der Waals surface area (Å²) in [7, 11) is 0. The van der Waals surface area contributed by atoms with Crippen molar-refractivity contribution in [2.45, 2.75) is 34.1 Å². The SMILES string of the molecule is CCCN1C(=O)/C(=C\c2c(NCC(C)C)nc3c(C)cccn3c2=O)SC1=S. The lowest BCUT2D eigenvalue weighted by Gasteiger charge is -2.14. The fourth-order valence-corrected chi connectivity index (χ4v) is 4.22. The van der Waals surface area contributed by atoms with E-state index in [0.717, 1.165) is 12.0 Å². The number of carbonyl (C=O) groups is 1. The Morgan fingerprint density at radius 3 is 2.79 bits per heavy atom. The quantitative estimate of drug-likeness (QED) is 0.572. The van der Waals surface area contributed by atoms with Gasteiger partial charge in [0.15, 0.2) is 0 Å². The summed E-state index contributed by atoms with van der Waals surface area (Å²) in [4.78, 5) is 32.6. The second kappa shape index (κ2) is 8.45. The van der Waals surface area contributed by atoms with Gasteiger partial charge in [-0.25, -0.2) is 4.98 Å². The van der Waals surface area contributed by atoms with E-state index in [2.05, 4.69) is 24.1 Å². The largest absolute Gasteiger partial charge is 0.369 e. The number of nitrogens with zero attached hydrogens (tertiary/aromatic N) is 3. The van der Waals surface area contributed by atoms with Crippen LogP contribution in [0.15, 0.2) is 28.0 Å². The van der Waals surface area contributed by atoms with Gasteiger partial charge >= 0.3 is 0 Å². The van der Waals surface area contributed by atoms with Crippen LogP contribution in [0.3, 0.4) is 0 Å². The summed E-state index contributed by atoms with van der Waals surface area (Å²) in [6.45, 7) is 9.34. The lowest BCUT2D eigenvalue weighted by atomic mass is 10.2. The maximum absolute atomic E-state index is 13.2. The van der Waals surface area contributed by atoms with Crippen LogP contribution < -0.4 is 10.9 Å². The fourth-order valence-electron chi connectivity index (χ4n) is 2.92. The van der Waals surface area contributed by atoms with Gasteiger partial charge in [-0.3, -0.25) is 18.9 Å². The number of aryl methyl sites for hydroxylation is 1. The minimum Gasteiger partial charge on any atom is -0.369 e. The molecule has 8 heteroatoms. The van der Waals surface area contributed by atoms with E-state index >= 15 is 0 Å². The number of hydrogen-bond donors (Lipinski definition) is 1. The summed E-state index contributed by atoms with van der Waals surface area (Å²) in [6.07, 6.45) is 4.14. The van der Waals surface area contributed by atoms with Crippen LogP contribution in [0.1, 0.15) is 38.3 Å².